The van der Waals surface area contributed by atoms with E-state index in [4.69, 9.17) is 4.74 Å². The number of carbonyl (C=O) groups excluding carboxylic acids is 2. The lowest BCUT2D eigenvalue weighted by molar-refractivity contribution is -0.141. The molecule has 27 heavy (non-hydrogen) atoms. The molecule has 0 unspecified atom stereocenters. The van der Waals surface area contributed by atoms with Gasteiger partial charge in [0, 0.05) is 6.07 Å². The lowest BCUT2D eigenvalue weighted by Crippen LogP contribution is -2.26. The highest BCUT2D eigenvalue weighted by molar-refractivity contribution is 5.91. The molecular weight excluding hydrogens is 375 g/mol. The van der Waals surface area contributed by atoms with Crippen molar-refractivity contribution in [3.8, 4) is 11.5 Å². The summed E-state index contributed by atoms with van der Waals surface area (Å²) < 4.78 is 76.5. The third kappa shape index (κ3) is 3.62. The SMILES string of the molecule is O=C(Oc1cccc(OC(=O)C2CCC2)c1)c1c(F)c(F)c(F)c(F)c1F. The van der Waals surface area contributed by atoms with Crippen molar-refractivity contribution in [2.45, 2.75) is 19.3 Å². The van der Waals surface area contributed by atoms with Gasteiger partial charge in [-0.05, 0) is 25.0 Å². The lowest BCUT2D eigenvalue weighted by Gasteiger charge is -2.22. The monoisotopic (exact) mass is 386 g/mol. The van der Waals surface area contributed by atoms with Crippen molar-refractivity contribution in [3.63, 3.8) is 0 Å². The Morgan fingerprint density at radius 3 is 1.85 bits per heavy atom. The molecule has 3 rings (SSSR count). The summed E-state index contributed by atoms with van der Waals surface area (Å²) in [7, 11) is 0. The number of rotatable bonds is 4. The highest BCUT2D eigenvalue weighted by atomic mass is 19.2. The van der Waals surface area contributed by atoms with E-state index in [2.05, 4.69) is 4.74 Å². The summed E-state index contributed by atoms with van der Waals surface area (Å²) in [6.07, 6.45) is 2.32. The van der Waals surface area contributed by atoms with Crippen LogP contribution in [0.3, 0.4) is 0 Å². The molecule has 0 atom stereocenters. The molecule has 0 N–H and O–H groups in total. The normalized spacial score (nSPS) is 13.8. The second-order valence-electron chi connectivity index (χ2n) is 5.86. The Morgan fingerprint density at radius 1 is 0.815 bits per heavy atom. The molecule has 0 radical (unpaired) electrons. The smallest absolute Gasteiger partial charge is 0.349 e. The van der Waals surface area contributed by atoms with Crippen LogP contribution in [-0.2, 0) is 4.79 Å². The van der Waals surface area contributed by atoms with E-state index in [-0.39, 0.29) is 17.4 Å². The zero-order chi connectivity index (χ0) is 19.7. The van der Waals surface area contributed by atoms with Crippen LogP contribution in [0, 0.1) is 35.0 Å². The zero-order valence-electron chi connectivity index (χ0n) is 13.5. The van der Waals surface area contributed by atoms with Crippen molar-refractivity contribution in [1.82, 2.24) is 0 Å². The van der Waals surface area contributed by atoms with Crippen LogP contribution in [0.15, 0.2) is 24.3 Å². The van der Waals surface area contributed by atoms with Crippen molar-refractivity contribution in [3.05, 3.63) is 58.9 Å². The molecule has 142 valence electrons. The van der Waals surface area contributed by atoms with Gasteiger partial charge in [-0.25, -0.2) is 26.7 Å². The molecule has 0 amide bonds. The molecule has 0 aromatic heterocycles. The summed E-state index contributed by atoms with van der Waals surface area (Å²) in [4.78, 5) is 23.7. The maximum Gasteiger partial charge on any atom is 0.349 e. The molecule has 0 saturated heterocycles. The molecular formula is C18H11F5O4. The van der Waals surface area contributed by atoms with Crippen LogP contribution in [0.5, 0.6) is 11.5 Å². The summed E-state index contributed by atoms with van der Waals surface area (Å²) in [6.45, 7) is 0. The standard InChI is InChI=1S/C18H11F5O4/c19-12-11(13(20)15(22)16(23)14(12)21)18(25)27-10-6-2-5-9(7-10)26-17(24)8-3-1-4-8/h2,5-8H,1,3-4H2. The molecule has 1 fully saturated rings. The average molecular weight is 386 g/mol. The van der Waals surface area contributed by atoms with E-state index < -0.39 is 46.6 Å². The van der Waals surface area contributed by atoms with Crippen molar-refractivity contribution in [2.75, 3.05) is 0 Å². The van der Waals surface area contributed by atoms with Crippen LogP contribution in [0.4, 0.5) is 22.0 Å². The predicted molar refractivity (Wildman–Crippen MR) is 80.6 cm³/mol. The van der Waals surface area contributed by atoms with E-state index in [9.17, 15) is 31.5 Å². The minimum absolute atomic E-state index is 0.00890. The number of benzene rings is 2. The number of esters is 2. The fourth-order valence-corrected chi connectivity index (χ4v) is 2.39. The summed E-state index contributed by atoms with van der Waals surface area (Å²) in [5, 5.41) is 0. The van der Waals surface area contributed by atoms with Crippen molar-refractivity contribution >= 4 is 11.9 Å². The van der Waals surface area contributed by atoms with Gasteiger partial charge >= 0.3 is 11.9 Å². The van der Waals surface area contributed by atoms with E-state index in [1.54, 1.807) is 0 Å². The minimum atomic E-state index is -2.38. The van der Waals surface area contributed by atoms with Crippen LogP contribution in [0.2, 0.25) is 0 Å². The Bertz CT molecular complexity index is 895. The van der Waals surface area contributed by atoms with Crippen molar-refractivity contribution < 1.29 is 41.0 Å². The zero-order valence-corrected chi connectivity index (χ0v) is 13.5. The van der Waals surface area contributed by atoms with Gasteiger partial charge in [0.2, 0.25) is 5.82 Å². The Balaban J connectivity index is 1.81. The largest absolute Gasteiger partial charge is 0.426 e. The molecule has 1 saturated carbocycles. The highest BCUT2D eigenvalue weighted by Gasteiger charge is 2.31. The van der Waals surface area contributed by atoms with Gasteiger partial charge in [-0.2, -0.15) is 0 Å². The number of ether oxygens (including phenoxy) is 2. The fourth-order valence-electron chi connectivity index (χ4n) is 2.39. The molecule has 0 bridgehead atoms. The lowest BCUT2D eigenvalue weighted by atomic mass is 9.86. The Labute approximate surface area is 149 Å². The molecule has 0 aliphatic heterocycles. The summed E-state index contributed by atoms with van der Waals surface area (Å²) in [6, 6.07) is 4.97. The molecule has 4 nitrogen and oxygen atoms in total. The van der Waals surface area contributed by atoms with Crippen LogP contribution in [0.1, 0.15) is 29.6 Å². The van der Waals surface area contributed by atoms with Gasteiger partial charge in [-0.3, -0.25) is 4.79 Å². The van der Waals surface area contributed by atoms with Gasteiger partial charge in [-0.15, -0.1) is 0 Å². The highest BCUT2D eigenvalue weighted by Crippen LogP contribution is 2.30. The molecule has 2 aromatic carbocycles. The average Bonchev–Trinajstić information content (AvgIpc) is 2.57. The molecule has 0 spiro atoms. The summed E-state index contributed by atoms with van der Waals surface area (Å²) >= 11 is 0. The van der Waals surface area contributed by atoms with E-state index in [0.717, 1.165) is 12.5 Å². The first-order valence-electron chi connectivity index (χ1n) is 7.85. The van der Waals surface area contributed by atoms with Crippen LogP contribution < -0.4 is 9.47 Å². The molecule has 0 heterocycles. The Morgan fingerprint density at radius 2 is 1.33 bits per heavy atom. The maximum absolute atomic E-state index is 13.7. The maximum atomic E-state index is 13.7. The van der Waals surface area contributed by atoms with Gasteiger partial charge in [0.1, 0.15) is 17.1 Å². The molecule has 2 aromatic rings. The first-order chi connectivity index (χ1) is 12.8. The van der Waals surface area contributed by atoms with Gasteiger partial charge in [-0.1, -0.05) is 12.5 Å². The van der Waals surface area contributed by atoms with Crippen LogP contribution in [0.25, 0.3) is 0 Å². The van der Waals surface area contributed by atoms with Gasteiger partial charge in [0.05, 0.1) is 5.92 Å². The molecule has 1 aliphatic rings. The topological polar surface area (TPSA) is 52.6 Å². The van der Waals surface area contributed by atoms with E-state index in [1.807, 2.05) is 0 Å². The van der Waals surface area contributed by atoms with Gasteiger partial charge in [0.15, 0.2) is 23.3 Å². The van der Waals surface area contributed by atoms with Gasteiger partial charge in [0.25, 0.3) is 0 Å². The summed E-state index contributed by atoms with van der Waals surface area (Å²) in [5.41, 5.74) is -1.72. The predicted octanol–water partition coefficient (Wildman–Crippen LogP) is 4.31. The number of hydrogen-bond donors (Lipinski definition) is 0. The van der Waals surface area contributed by atoms with Crippen molar-refractivity contribution in [2.24, 2.45) is 5.92 Å². The quantitative estimate of drug-likeness (QED) is 0.258. The minimum Gasteiger partial charge on any atom is -0.426 e. The number of carbonyl (C=O) groups is 2. The molecule has 9 heteroatoms. The Hall–Kier alpha value is -2.97. The third-order valence-electron chi connectivity index (χ3n) is 4.09. The number of halogens is 5. The first-order valence-corrected chi connectivity index (χ1v) is 7.85. The fraction of sp³-hybridized carbons (Fsp3) is 0.222. The molecule has 1 aliphatic carbocycles. The van der Waals surface area contributed by atoms with E-state index in [0.29, 0.717) is 12.8 Å². The van der Waals surface area contributed by atoms with Gasteiger partial charge < -0.3 is 9.47 Å². The number of hydrogen-bond acceptors (Lipinski definition) is 4. The second kappa shape index (κ2) is 7.34. The van der Waals surface area contributed by atoms with Crippen LogP contribution in [-0.4, -0.2) is 11.9 Å². The first kappa shape index (κ1) is 18.8. The van der Waals surface area contributed by atoms with E-state index >= 15 is 0 Å². The van der Waals surface area contributed by atoms with Crippen LogP contribution >= 0.6 is 0 Å². The summed E-state index contributed by atoms with van der Waals surface area (Å²) in [5.74, 6) is -14.3. The van der Waals surface area contributed by atoms with E-state index in [1.165, 1.54) is 18.2 Å². The van der Waals surface area contributed by atoms with Crippen molar-refractivity contribution in [1.29, 1.82) is 0 Å². The third-order valence-corrected chi connectivity index (χ3v) is 4.09. The Kier molecular flexibility index (Phi) is 5.11. The second-order valence-corrected chi connectivity index (χ2v) is 5.86.